The molecule has 48 heavy (non-hydrogen) atoms. The van der Waals surface area contributed by atoms with E-state index < -0.39 is 59.6 Å². The Labute approximate surface area is 274 Å². The van der Waals surface area contributed by atoms with E-state index in [1.54, 1.807) is 0 Å². The smallest absolute Gasteiger partial charge is 0.256 e. The molecule has 0 aromatic heterocycles. The van der Waals surface area contributed by atoms with Gasteiger partial charge in [0.1, 0.15) is 12.1 Å². The molecule has 4 aliphatic rings. The molecule has 16 nitrogen and oxygen atoms in total. The van der Waals surface area contributed by atoms with Crippen LogP contribution in [-0.2, 0) is 19.2 Å². The van der Waals surface area contributed by atoms with Crippen molar-refractivity contribution in [3.8, 4) is 23.0 Å². The van der Waals surface area contributed by atoms with E-state index in [0.29, 0.717) is 34.4 Å². The van der Waals surface area contributed by atoms with Gasteiger partial charge in [-0.3, -0.25) is 28.8 Å². The molecule has 4 aliphatic heterocycles. The van der Waals surface area contributed by atoms with Crippen molar-refractivity contribution in [1.82, 2.24) is 20.4 Å². The minimum atomic E-state index is -0.820. The normalized spacial score (nSPS) is 22.8. The van der Waals surface area contributed by atoms with Crippen LogP contribution in [0.4, 0.5) is 11.4 Å². The number of ether oxygens (including phenoxy) is 4. The molecular weight excluding hydrogens is 628 g/mol. The van der Waals surface area contributed by atoms with Gasteiger partial charge in [-0.15, -0.1) is 0 Å². The first-order valence-corrected chi connectivity index (χ1v) is 15.1. The highest BCUT2D eigenvalue weighted by molar-refractivity contribution is 6.12. The van der Waals surface area contributed by atoms with Gasteiger partial charge in [-0.2, -0.15) is 0 Å². The van der Waals surface area contributed by atoms with Crippen molar-refractivity contribution in [2.75, 3.05) is 52.2 Å². The first kappa shape index (κ1) is 32.2. The van der Waals surface area contributed by atoms with Crippen LogP contribution in [-0.4, -0.2) is 111 Å². The zero-order chi connectivity index (χ0) is 34.3. The molecule has 2 aromatic carbocycles. The maximum absolute atomic E-state index is 13.4. The zero-order valence-corrected chi connectivity index (χ0v) is 26.6. The zero-order valence-electron chi connectivity index (χ0n) is 26.6. The number of anilines is 2. The van der Waals surface area contributed by atoms with Crippen molar-refractivity contribution >= 4 is 46.8 Å². The molecule has 2 fully saturated rings. The summed E-state index contributed by atoms with van der Waals surface area (Å²) in [5, 5.41) is 11.0. The number of hydrogen-bond acceptors (Lipinski definition) is 10. The maximum atomic E-state index is 13.4. The van der Waals surface area contributed by atoms with Crippen LogP contribution in [0.2, 0.25) is 0 Å². The molecule has 4 N–H and O–H groups in total. The Bertz CT molecular complexity index is 1630. The molecule has 252 valence electrons. The average Bonchev–Trinajstić information content (AvgIpc) is 3.66. The number of nitrogens with one attached hydrogen (secondary N) is 4. The van der Waals surface area contributed by atoms with E-state index in [9.17, 15) is 28.8 Å². The number of amides is 6. The minimum Gasteiger partial charge on any atom is -0.493 e. The van der Waals surface area contributed by atoms with Crippen LogP contribution in [0.5, 0.6) is 23.0 Å². The molecule has 0 radical (unpaired) electrons. The van der Waals surface area contributed by atoms with E-state index in [1.807, 2.05) is 0 Å². The summed E-state index contributed by atoms with van der Waals surface area (Å²) in [7, 11) is 5.78. The van der Waals surface area contributed by atoms with Crippen molar-refractivity contribution < 1.29 is 47.7 Å². The Morgan fingerprint density at radius 3 is 1.35 bits per heavy atom. The molecule has 0 spiro atoms. The lowest BCUT2D eigenvalue weighted by Gasteiger charge is -2.20. The molecule has 0 saturated carbocycles. The third-order valence-corrected chi connectivity index (χ3v) is 8.83. The van der Waals surface area contributed by atoms with Gasteiger partial charge in [-0.25, -0.2) is 0 Å². The number of nitrogens with zero attached hydrogens (tertiary/aromatic N) is 2. The molecule has 0 unspecified atom stereocenters. The number of carbonyl (C=O) groups excluding carboxylic acids is 6. The fourth-order valence-corrected chi connectivity index (χ4v) is 6.54. The van der Waals surface area contributed by atoms with Gasteiger partial charge in [0.25, 0.3) is 11.8 Å². The van der Waals surface area contributed by atoms with Crippen LogP contribution in [0.25, 0.3) is 0 Å². The summed E-state index contributed by atoms with van der Waals surface area (Å²) < 4.78 is 21.2. The highest BCUT2D eigenvalue weighted by atomic mass is 16.5. The number of benzene rings is 2. The third kappa shape index (κ3) is 5.80. The van der Waals surface area contributed by atoms with Crippen LogP contribution >= 0.6 is 0 Å². The lowest BCUT2D eigenvalue weighted by atomic mass is 10.1. The Hall–Kier alpha value is -5.80. The van der Waals surface area contributed by atoms with Crippen molar-refractivity contribution in [2.24, 2.45) is 0 Å². The second-order valence-electron chi connectivity index (χ2n) is 11.6. The standard InChI is InChI=1S/C32H34N6O10/c1-45-23-9-17-19(11-25(23)47-3)35-29(41)21-7-15(13-37(21)31(17)43)33-27(39)5-6-28(40)34-16-8-22-30(42)36-20-12-26(48-4)24(46-2)10-18(20)32(44)38(22)14-16/h5-6,9-12,15-16,21-22H,7-8,13-14H2,1-4H3,(H,33,39)(H,34,40)(H,35,41)(H,36,42)/b6-5+/t15-,16-,21-,22-/m0/s1. The van der Waals surface area contributed by atoms with E-state index in [0.717, 1.165) is 12.2 Å². The molecule has 16 heteroatoms. The molecule has 2 saturated heterocycles. The number of fused-ring (bicyclic) bond motifs is 4. The molecule has 0 bridgehead atoms. The van der Waals surface area contributed by atoms with Gasteiger partial charge in [0.15, 0.2) is 23.0 Å². The lowest BCUT2D eigenvalue weighted by Crippen LogP contribution is -2.41. The fraction of sp³-hybridized carbons (Fsp3) is 0.375. The molecular formula is C32H34N6O10. The summed E-state index contributed by atoms with van der Waals surface area (Å²) in [6, 6.07) is 3.32. The predicted molar refractivity (Wildman–Crippen MR) is 168 cm³/mol. The Balaban J connectivity index is 1.05. The van der Waals surface area contributed by atoms with Gasteiger partial charge >= 0.3 is 0 Å². The van der Waals surface area contributed by atoms with E-state index >= 15 is 0 Å². The van der Waals surface area contributed by atoms with Gasteiger partial charge in [0.2, 0.25) is 23.6 Å². The van der Waals surface area contributed by atoms with Crippen LogP contribution < -0.4 is 40.2 Å². The third-order valence-electron chi connectivity index (χ3n) is 8.83. The maximum Gasteiger partial charge on any atom is 0.256 e. The average molecular weight is 663 g/mol. The molecule has 0 aliphatic carbocycles. The van der Waals surface area contributed by atoms with Gasteiger partial charge in [0, 0.05) is 49.5 Å². The number of carbonyl (C=O) groups is 6. The molecule has 4 atom stereocenters. The van der Waals surface area contributed by atoms with Gasteiger partial charge in [-0.05, 0) is 25.0 Å². The summed E-state index contributed by atoms with van der Waals surface area (Å²) in [6.45, 7) is 0.154. The first-order chi connectivity index (χ1) is 23.0. The summed E-state index contributed by atoms with van der Waals surface area (Å²) >= 11 is 0. The van der Waals surface area contributed by atoms with Crippen LogP contribution in [0, 0.1) is 0 Å². The van der Waals surface area contributed by atoms with Crippen LogP contribution in [0.1, 0.15) is 33.6 Å². The largest absolute Gasteiger partial charge is 0.493 e. The van der Waals surface area contributed by atoms with Crippen molar-refractivity contribution in [1.29, 1.82) is 0 Å². The molecule has 6 rings (SSSR count). The Morgan fingerprint density at radius 1 is 0.646 bits per heavy atom. The summed E-state index contributed by atoms with van der Waals surface area (Å²) in [5.41, 5.74) is 1.07. The number of rotatable bonds is 8. The van der Waals surface area contributed by atoms with Gasteiger partial charge in [0.05, 0.1) is 50.9 Å². The predicted octanol–water partition coefficient (Wildman–Crippen LogP) is 0.280. The quantitative estimate of drug-likeness (QED) is 0.285. The SMILES string of the molecule is COc1cc2c(cc1OC)C(=O)N1C[C@@H](NC(=O)/C=C/C(=O)N[C@H]3C[C@H]4C(=O)Nc5cc(OC)c(OC)cc5C(=O)N4C3)C[C@H]1C(=O)N2. The van der Waals surface area contributed by atoms with E-state index in [1.165, 1.54) is 62.5 Å². The van der Waals surface area contributed by atoms with Crippen LogP contribution in [0.15, 0.2) is 36.4 Å². The van der Waals surface area contributed by atoms with Gasteiger partial charge < -0.3 is 50.0 Å². The minimum absolute atomic E-state index is 0.0770. The highest BCUT2D eigenvalue weighted by Crippen LogP contribution is 2.38. The van der Waals surface area contributed by atoms with Crippen molar-refractivity contribution in [2.45, 2.75) is 37.0 Å². The first-order valence-electron chi connectivity index (χ1n) is 15.1. The lowest BCUT2D eigenvalue weighted by molar-refractivity contribution is -0.120. The van der Waals surface area contributed by atoms with Crippen molar-refractivity contribution in [3.05, 3.63) is 47.5 Å². The Kier molecular flexibility index (Phi) is 8.56. The van der Waals surface area contributed by atoms with Crippen LogP contribution in [0.3, 0.4) is 0 Å². The topological polar surface area (TPSA) is 194 Å². The second kappa shape index (κ2) is 12.8. The summed E-state index contributed by atoms with van der Waals surface area (Å²) in [4.78, 5) is 81.1. The number of methoxy groups -OCH3 is 4. The van der Waals surface area contributed by atoms with Gasteiger partial charge in [-0.1, -0.05) is 0 Å². The van der Waals surface area contributed by atoms with Crippen molar-refractivity contribution in [3.63, 3.8) is 0 Å². The fourth-order valence-electron chi connectivity index (χ4n) is 6.54. The second-order valence-corrected chi connectivity index (χ2v) is 11.6. The molecule has 2 aromatic rings. The Morgan fingerprint density at radius 2 is 1.00 bits per heavy atom. The van der Waals surface area contributed by atoms with E-state index in [2.05, 4.69) is 21.3 Å². The summed E-state index contributed by atoms with van der Waals surface area (Å²) in [6.07, 6.45) is 2.44. The molecule has 4 heterocycles. The number of hydrogen-bond donors (Lipinski definition) is 4. The van der Waals surface area contributed by atoms with E-state index in [4.69, 9.17) is 18.9 Å². The van der Waals surface area contributed by atoms with E-state index in [-0.39, 0.29) is 37.1 Å². The monoisotopic (exact) mass is 662 g/mol. The molecule has 6 amide bonds. The summed E-state index contributed by atoms with van der Waals surface area (Å²) in [5.74, 6) is -1.42. The highest BCUT2D eigenvalue weighted by Gasteiger charge is 2.45.